The van der Waals surface area contributed by atoms with E-state index in [9.17, 15) is 35.1 Å². The molecule has 0 heterocycles. The van der Waals surface area contributed by atoms with E-state index in [2.05, 4.69) is 15.1 Å². The van der Waals surface area contributed by atoms with Crippen LogP contribution in [0.5, 0.6) is 11.5 Å². The van der Waals surface area contributed by atoms with Gasteiger partial charge in [-0.15, -0.1) is 0 Å². The first-order chi connectivity index (χ1) is 18.1. The molecule has 1 atom stereocenters. The van der Waals surface area contributed by atoms with Crippen molar-refractivity contribution < 1.29 is 49.3 Å². The van der Waals surface area contributed by atoms with Gasteiger partial charge in [0.2, 0.25) is 0 Å². The molecule has 39 heavy (non-hydrogen) atoms. The summed E-state index contributed by atoms with van der Waals surface area (Å²) in [7, 11) is 3.09. The van der Waals surface area contributed by atoms with Gasteiger partial charge in [-0.3, -0.25) is 0 Å². The Bertz CT molecular complexity index is 1030. The van der Waals surface area contributed by atoms with E-state index in [1.165, 1.54) is 6.92 Å². The summed E-state index contributed by atoms with van der Waals surface area (Å²) in [5.74, 6) is -16.6. The summed E-state index contributed by atoms with van der Waals surface area (Å²) >= 11 is 2.70. The molecule has 0 aliphatic carbocycles. The fourth-order valence-corrected chi connectivity index (χ4v) is 17.1. The molecule has 0 saturated carbocycles. The van der Waals surface area contributed by atoms with Crippen molar-refractivity contribution in [2.45, 2.75) is 49.0 Å². The van der Waals surface area contributed by atoms with Crippen LogP contribution in [0, 0.1) is 0 Å². The fourth-order valence-electron chi connectivity index (χ4n) is 3.39. The van der Waals surface area contributed by atoms with Crippen LogP contribution in [0.25, 0.3) is 0 Å². The SMILES string of the molecule is COc1ccc(CCP(=[Se])(CCc2ccc(OC)cc2)[Se]C(C)OCC(F)(F)C(F)(F)C(F)(F)C(F)F)cc1. The van der Waals surface area contributed by atoms with Gasteiger partial charge in [-0.2, -0.15) is 0 Å². The van der Waals surface area contributed by atoms with E-state index in [0.717, 1.165) is 11.1 Å². The Labute approximate surface area is 235 Å². The van der Waals surface area contributed by atoms with Crippen molar-refractivity contribution in [3.63, 3.8) is 0 Å². The van der Waals surface area contributed by atoms with Crippen molar-refractivity contribution in [2.75, 3.05) is 33.2 Å². The van der Waals surface area contributed by atoms with Gasteiger partial charge in [-0.05, 0) is 0 Å². The molecule has 0 bridgehead atoms. The maximum absolute atomic E-state index is 14.0. The average Bonchev–Trinajstić information content (AvgIpc) is 2.90. The minimum absolute atomic E-state index is 0.525. The van der Waals surface area contributed by atoms with Gasteiger partial charge in [0.1, 0.15) is 0 Å². The van der Waals surface area contributed by atoms with Crippen LogP contribution >= 0.6 is 4.20 Å². The van der Waals surface area contributed by atoms with E-state index in [4.69, 9.17) is 14.2 Å². The first-order valence-electron chi connectivity index (χ1n) is 11.6. The van der Waals surface area contributed by atoms with Crippen molar-refractivity contribution in [1.29, 1.82) is 0 Å². The van der Waals surface area contributed by atoms with Gasteiger partial charge in [-0.1, -0.05) is 0 Å². The molecule has 2 rings (SSSR count). The summed E-state index contributed by atoms with van der Waals surface area (Å²) in [5, 5.41) is -0.972. The zero-order chi connectivity index (χ0) is 29.5. The van der Waals surface area contributed by atoms with E-state index in [0.29, 0.717) is 36.7 Å². The molecule has 2 aromatic rings. The summed E-state index contributed by atoms with van der Waals surface area (Å²) in [5.41, 5.74) is 2.01. The van der Waals surface area contributed by atoms with Gasteiger partial charge in [0.15, 0.2) is 0 Å². The molecule has 0 fully saturated rings. The van der Waals surface area contributed by atoms with Crippen molar-refractivity contribution in [2.24, 2.45) is 0 Å². The summed E-state index contributed by atoms with van der Waals surface area (Å²) in [6.07, 6.45) is -2.38. The van der Waals surface area contributed by atoms with Gasteiger partial charge in [0.25, 0.3) is 0 Å². The summed E-state index contributed by atoms with van der Waals surface area (Å²) < 4.78 is 120. The Morgan fingerprint density at radius 1 is 0.795 bits per heavy atom. The quantitative estimate of drug-likeness (QED) is 0.109. The minimum atomic E-state index is -6.28. The molecule has 14 heteroatoms. The number of hydrogen-bond acceptors (Lipinski definition) is 3. The second-order valence-electron chi connectivity index (χ2n) is 8.64. The molecule has 0 aliphatic heterocycles. The van der Waals surface area contributed by atoms with E-state index in [1.807, 2.05) is 24.3 Å². The van der Waals surface area contributed by atoms with Crippen LogP contribution in [0.3, 0.4) is 0 Å². The van der Waals surface area contributed by atoms with Crippen molar-refractivity contribution >= 4 is 33.8 Å². The van der Waals surface area contributed by atoms with E-state index < -0.39 is 54.5 Å². The van der Waals surface area contributed by atoms with Crippen LogP contribution in [-0.2, 0) is 17.6 Å². The Kier molecular flexibility index (Phi) is 12.4. The van der Waals surface area contributed by atoms with Crippen LogP contribution in [0.15, 0.2) is 48.5 Å². The molecule has 0 saturated heterocycles. The molecule has 2 aromatic carbocycles. The Morgan fingerprint density at radius 3 is 1.56 bits per heavy atom. The van der Waals surface area contributed by atoms with E-state index in [-0.39, 0.29) is 0 Å². The van der Waals surface area contributed by atoms with Crippen molar-refractivity contribution in [3.8, 4) is 11.5 Å². The van der Waals surface area contributed by atoms with Gasteiger partial charge < -0.3 is 0 Å². The number of ether oxygens (including phenoxy) is 3. The van der Waals surface area contributed by atoms with Crippen LogP contribution in [0.4, 0.5) is 35.1 Å². The Morgan fingerprint density at radius 2 is 1.21 bits per heavy atom. The van der Waals surface area contributed by atoms with Gasteiger partial charge in [0, 0.05) is 0 Å². The molecule has 0 aromatic heterocycles. The first-order valence-corrected chi connectivity index (χ1v) is 19.2. The average molecular weight is 718 g/mol. The van der Waals surface area contributed by atoms with Crippen molar-refractivity contribution in [1.82, 2.24) is 0 Å². The molecule has 0 aliphatic rings. The maximum atomic E-state index is 14.0. The zero-order valence-corrected chi connectivity index (χ0v) is 25.6. The topological polar surface area (TPSA) is 27.7 Å². The van der Waals surface area contributed by atoms with Gasteiger partial charge in [0.05, 0.1) is 0 Å². The van der Waals surface area contributed by atoms with Crippen molar-refractivity contribution in [3.05, 3.63) is 59.7 Å². The van der Waals surface area contributed by atoms with Crippen LogP contribution in [0.1, 0.15) is 18.1 Å². The predicted molar refractivity (Wildman–Crippen MR) is 138 cm³/mol. The summed E-state index contributed by atoms with van der Waals surface area (Å²) in [6.45, 7) is -0.714. The number of methoxy groups -OCH3 is 2. The van der Waals surface area contributed by atoms with E-state index >= 15 is 0 Å². The summed E-state index contributed by atoms with van der Waals surface area (Å²) in [6, 6.07) is 14.8. The molecule has 0 N–H and O–H groups in total. The Hall–Kier alpha value is -1.09. The molecule has 1 unspecified atom stereocenters. The summed E-state index contributed by atoms with van der Waals surface area (Å²) in [4.78, 5) is 0. The first kappa shape index (κ1) is 34.1. The third-order valence-corrected chi connectivity index (χ3v) is 20.3. The van der Waals surface area contributed by atoms with Crippen LogP contribution in [-0.4, -0.2) is 92.0 Å². The second kappa shape index (κ2) is 14.2. The molecule has 220 valence electrons. The number of rotatable bonds is 16. The molecule has 0 amide bonds. The predicted octanol–water partition coefficient (Wildman–Crippen LogP) is 6.74. The monoisotopic (exact) mass is 720 g/mol. The third kappa shape index (κ3) is 9.20. The van der Waals surface area contributed by atoms with Gasteiger partial charge >= 0.3 is 236 Å². The normalized spacial score (nSPS) is 13.9. The second-order valence-corrected chi connectivity index (χ2v) is 26.4. The molecular formula is C25H29F8O3PSe2. The number of halogens is 8. The van der Waals surface area contributed by atoms with Crippen LogP contribution < -0.4 is 9.47 Å². The molecule has 0 spiro atoms. The number of aryl methyl sites for hydroxylation is 2. The zero-order valence-electron chi connectivity index (χ0n) is 21.3. The van der Waals surface area contributed by atoms with E-state index in [1.54, 1.807) is 38.5 Å². The number of alkyl halides is 8. The number of hydrogen-bond donors (Lipinski definition) is 0. The van der Waals surface area contributed by atoms with Gasteiger partial charge in [-0.25, -0.2) is 0 Å². The standard InChI is InChI=1S/C25H29F8O3PSe2/c1-17(36-16-23(28,29)25(32,33)24(30,31)22(26)27)39-37(38,14-12-18-4-8-20(34-2)9-5-18)15-13-19-6-10-21(35-3)11-7-19/h4-11,17,22H,12-16H2,1-3H3. The number of benzene rings is 2. The van der Waals surface area contributed by atoms with Crippen LogP contribution in [0.2, 0.25) is 0 Å². The Balaban J connectivity index is 2.13. The molecular weight excluding hydrogens is 689 g/mol. The fraction of sp³-hybridized carbons (Fsp3) is 0.520. The molecule has 3 nitrogen and oxygen atoms in total. The molecule has 0 radical (unpaired) electrons. The third-order valence-electron chi connectivity index (χ3n) is 5.79.